The molecule has 0 unspecified atom stereocenters. The number of aryl methyl sites for hydroxylation is 2. The van der Waals surface area contributed by atoms with Gasteiger partial charge in [-0.15, -0.1) is 0 Å². The molecule has 1 aromatic heterocycles. The molecule has 1 N–H and O–H groups in total. The van der Waals surface area contributed by atoms with Gasteiger partial charge >= 0.3 is 6.18 Å². The van der Waals surface area contributed by atoms with Gasteiger partial charge in [0, 0.05) is 26.3 Å². The Labute approximate surface area is 229 Å². The molecule has 2 heterocycles. The second-order valence-electron chi connectivity index (χ2n) is 8.49. The summed E-state index contributed by atoms with van der Waals surface area (Å²) < 4.78 is 42.0. The molecule has 0 atom stereocenters. The van der Waals surface area contributed by atoms with Crippen LogP contribution < -0.4 is 5.32 Å². The van der Waals surface area contributed by atoms with Crippen LogP contribution in [-0.2, 0) is 15.8 Å². The van der Waals surface area contributed by atoms with E-state index in [1.54, 1.807) is 6.08 Å². The van der Waals surface area contributed by atoms with Gasteiger partial charge in [0.25, 0.3) is 11.1 Å². The number of halogens is 4. The molecule has 1 aliphatic rings. The maximum absolute atomic E-state index is 12.9. The van der Waals surface area contributed by atoms with Gasteiger partial charge in [-0.05, 0) is 115 Å². The number of anilines is 1. The van der Waals surface area contributed by atoms with Crippen LogP contribution in [0.1, 0.15) is 28.1 Å². The fourth-order valence-electron chi connectivity index (χ4n) is 3.99. The van der Waals surface area contributed by atoms with Crippen molar-refractivity contribution < 1.29 is 27.6 Å². The molecule has 6 nitrogen and oxygen atoms in total. The van der Waals surface area contributed by atoms with Crippen LogP contribution in [0.5, 0.6) is 0 Å². The molecule has 4 rings (SSSR count). The maximum atomic E-state index is 12.9. The van der Waals surface area contributed by atoms with Gasteiger partial charge in [-0.1, -0.05) is 6.07 Å². The van der Waals surface area contributed by atoms with E-state index in [1.165, 1.54) is 6.07 Å². The third kappa shape index (κ3) is 5.77. The Morgan fingerprint density at radius 1 is 1.08 bits per heavy atom. The Morgan fingerprint density at radius 2 is 1.81 bits per heavy atom. The van der Waals surface area contributed by atoms with Gasteiger partial charge < -0.3 is 9.88 Å². The third-order valence-corrected chi connectivity index (χ3v) is 7.92. The number of thioether (sulfide) groups is 1. The van der Waals surface area contributed by atoms with Gasteiger partial charge in [-0.2, -0.15) is 13.2 Å². The van der Waals surface area contributed by atoms with Crippen molar-refractivity contribution in [3.8, 4) is 5.69 Å². The van der Waals surface area contributed by atoms with Crippen molar-refractivity contribution in [3.63, 3.8) is 0 Å². The first-order chi connectivity index (χ1) is 17.3. The molecule has 0 bridgehead atoms. The highest BCUT2D eigenvalue weighted by Gasteiger charge is 2.37. The van der Waals surface area contributed by atoms with Crippen molar-refractivity contribution in [1.82, 2.24) is 9.47 Å². The Balaban J connectivity index is 1.51. The Morgan fingerprint density at radius 3 is 2.49 bits per heavy atom. The first kappa shape index (κ1) is 27.0. The minimum Gasteiger partial charge on any atom is -0.325 e. The zero-order valence-corrected chi connectivity index (χ0v) is 22.9. The lowest BCUT2D eigenvalue weighted by molar-refractivity contribution is -0.137. The second kappa shape index (κ2) is 10.4. The standard InChI is InChI=1S/C26H21F3IN3O3S/c1-14-9-20(7-8-21(14)30)33-15(2)10-17(16(33)3)11-22-24(35)32(25(36)37-22)13-23(34)31-19-6-4-5-18(12-19)26(27,28)29/h4-12H,13H2,1-3H3,(H,31,34)/b22-11-. The number of nitrogens with one attached hydrogen (secondary N) is 1. The molecular formula is C26H21F3IN3O3S. The van der Waals surface area contributed by atoms with Crippen LogP contribution in [0.2, 0.25) is 0 Å². The molecule has 3 amide bonds. The molecule has 1 fully saturated rings. The number of hydrogen-bond donors (Lipinski definition) is 1. The molecule has 37 heavy (non-hydrogen) atoms. The fourth-order valence-corrected chi connectivity index (χ4v) is 5.16. The lowest BCUT2D eigenvalue weighted by Crippen LogP contribution is -2.36. The molecule has 11 heteroatoms. The minimum atomic E-state index is -4.56. The Bertz CT molecular complexity index is 1460. The van der Waals surface area contributed by atoms with Gasteiger partial charge in [0.2, 0.25) is 5.91 Å². The molecule has 1 aliphatic heterocycles. The van der Waals surface area contributed by atoms with Crippen LogP contribution in [0.25, 0.3) is 11.8 Å². The summed E-state index contributed by atoms with van der Waals surface area (Å²) in [6, 6.07) is 12.2. The van der Waals surface area contributed by atoms with E-state index in [0.717, 1.165) is 54.9 Å². The van der Waals surface area contributed by atoms with E-state index >= 15 is 0 Å². The average molecular weight is 639 g/mol. The summed E-state index contributed by atoms with van der Waals surface area (Å²) in [6.45, 7) is 5.28. The first-order valence-electron chi connectivity index (χ1n) is 11.0. The minimum absolute atomic E-state index is 0.0828. The Kier molecular flexibility index (Phi) is 7.56. The quantitative estimate of drug-likeness (QED) is 0.249. The van der Waals surface area contributed by atoms with E-state index < -0.39 is 35.3 Å². The number of nitrogens with zero attached hydrogens (tertiary/aromatic N) is 2. The van der Waals surface area contributed by atoms with Gasteiger partial charge in [0.1, 0.15) is 6.54 Å². The van der Waals surface area contributed by atoms with E-state index in [0.29, 0.717) is 11.8 Å². The van der Waals surface area contributed by atoms with Gasteiger partial charge in [-0.3, -0.25) is 19.3 Å². The first-order valence-corrected chi connectivity index (χ1v) is 12.9. The predicted octanol–water partition coefficient (Wildman–Crippen LogP) is 6.70. The fraction of sp³-hybridized carbons (Fsp3) is 0.192. The lowest BCUT2D eigenvalue weighted by Gasteiger charge is -2.13. The van der Waals surface area contributed by atoms with Crippen molar-refractivity contribution in [2.45, 2.75) is 26.9 Å². The van der Waals surface area contributed by atoms with E-state index in [1.807, 2.05) is 39.0 Å². The van der Waals surface area contributed by atoms with E-state index in [2.05, 4.69) is 38.5 Å². The van der Waals surface area contributed by atoms with Crippen LogP contribution in [0.3, 0.4) is 0 Å². The van der Waals surface area contributed by atoms with Gasteiger partial charge in [0.15, 0.2) is 0 Å². The largest absolute Gasteiger partial charge is 0.416 e. The van der Waals surface area contributed by atoms with Crippen molar-refractivity contribution in [3.05, 3.63) is 85.1 Å². The number of hydrogen-bond acceptors (Lipinski definition) is 4. The SMILES string of the molecule is Cc1cc(-n2c(C)cc(/C=C3\SC(=O)N(CC(=O)Nc4cccc(C(F)(F)F)c4)C3=O)c2C)ccc1I. The summed E-state index contributed by atoms with van der Waals surface area (Å²) in [4.78, 5) is 38.8. The van der Waals surface area contributed by atoms with E-state index in [4.69, 9.17) is 0 Å². The van der Waals surface area contributed by atoms with Crippen molar-refractivity contribution in [2.75, 3.05) is 11.9 Å². The number of benzene rings is 2. The van der Waals surface area contributed by atoms with Crippen LogP contribution >= 0.6 is 34.4 Å². The van der Waals surface area contributed by atoms with Crippen molar-refractivity contribution >= 4 is 63.2 Å². The molecule has 0 radical (unpaired) electrons. The monoisotopic (exact) mass is 639 g/mol. The molecule has 0 saturated carbocycles. The van der Waals surface area contributed by atoms with Crippen molar-refractivity contribution in [2.24, 2.45) is 0 Å². The number of carbonyl (C=O) groups is 3. The van der Waals surface area contributed by atoms with Gasteiger partial charge in [-0.25, -0.2) is 0 Å². The van der Waals surface area contributed by atoms with Crippen LogP contribution in [-0.4, -0.2) is 33.1 Å². The predicted molar refractivity (Wildman–Crippen MR) is 145 cm³/mol. The van der Waals surface area contributed by atoms with Crippen LogP contribution in [0.15, 0.2) is 53.4 Å². The Hall–Kier alpha value is -3.06. The summed E-state index contributed by atoms with van der Waals surface area (Å²) >= 11 is 2.99. The van der Waals surface area contributed by atoms with E-state index in [9.17, 15) is 27.6 Å². The zero-order chi connectivity index (χ0) is 27.1. The summed E-state index contributed by atoms with van der Waals surface area (Å²) in [7, 11) is 0. The smallest absolute Gasteiger partial charge is 0.325 e. The topological polar surface area (TPSA) is 71.4 Å². The number of imide groups is 1. The number of carbonyl (C=O) groups excluding carboxylic acids is 3. The van der Waals surface area contributed by atoms with Crippen LogP contribution in [0, 0.1) is 24.3 Å². The molecule has 0 spiro atoms. The maximum Gasteiger partial charge on any atom is 0.416 e. The number of alkyl halides is 3. The highest BCUT2D eigenvalue weighted by molar-refractivity contribution is 14.1. The summed E-state index contributed by atoms with van der Waals surface area (Å²) in [5.74, 6) is -1.42. The summed E-state index contributed by atoms with van der Waals surface area (Å²) in [6.07, 6.45) is -2.95. The molecule has 192 valence electrons. The molecule has 2 aromatic carbocycles. The van der Waals surface area contributed by atoms with Crippen molar-refractivity contribution in [1.29, 1.82) is 0 Å². The van der Waals surface area contributed by atoms with Gasteiger partial charge in [0.05, 0.1) is 10.5 Å². The normalized spacial score (nSPS) is 15.1. The molecule has 3 aromatic rings. The molecular weight excluding hydrogens is 618 g/mol. The zero-order valence-electron chi connectivity index (χ0n) is 19.9. The number of amides is 3. The summed E-state index contributed by atoms with van der Waals surface area (Å²) in [5.41, 5.74) is 3.70. The summed E-state index contributed by atoms with van der Waals surface area (Å²) in [5, 5.41) is 1.69. The lowest BCUT2D eigenvalue weighted by atomic mass is 10.2. The average Bonchev–Trinajstić information content (AvgIpc) is 3.24. The van der Waals surface area contributed by atoms with E-state index in [-0.39, 0.29) is 10.6 Å². The van der Waals surface area contributed by atoms with Crippen LogP contribution in [0.4, 0.5) is 23.7 Å². The second-order valence-corrected chi connectivity index (χ2v) is 10.6. The molecule has 0 aliphatic carbocycles. The number of aromatic nitrogens is 1. The third-order valence-electron chi connectivity index (χ3n) is 5.81. The highest BCUT2D eigenvalue weighted by atomic mass is 127. The molecule has 1 saturated heterocycles. The number of rotatable bonds is 5. The highest BCUT2D eigenvalue weighted by Crippen LogP contribution is 2.34.